The van der Waals surface area contributed by atoms with Gasteiger partial charge in [-0.3, -0.25) is 0 Å². The molecule has 5 rings (SSSR count). The molecule has 5 heterocycles. The van der Waals surface area contributed by atoms with Gasteiger partial charge in [0.15, 0.2) is 17.1 Å². The van der Waals surface area contributed by atoms with Crippen molar-refractivity contribution in [3.05, 3.63) is 16.8 Å². The van der Waals surface area contributed by atoms with E-state index in [1.807, 2.05) is 13.8 Å². The van der Waals surface area contributed by atoms with Gasteiger partial charge in [0.05, 0.1) is 23.3 Å². The standard InChI is InChI=1S/C20H26N6O3S2/c1-5-20(4)8-12-13(9-29-20)31-17-15(12)16-21-11-22-26(16)18-23-24-19(25(17)18)30-10-14(27-6-2)28-7-3/h11,14H,5-10H2,1-4H3. The van der Waals surface area contributed by atoms with Crippen molar-refractivity contribution in [3.63, 3.8) is 0 Å². The lowest BCUT2D eigenvalue weighted by Crippen LogP contribution is -2.33. The molecule has 4 aromatic heterocycles. The number of ether oxygens (including phenoxy) is 3. The second kappa shape index (κ2) is 8.28. The fourth-order valence-electron chi connectivity index (χ4n) is 3.97. The molecule has 31 heavy (non-hydrogen) atoms. The summed E-state index contributed by atoms with van der Waals surface area (Å²) in [5.41, 5.74) is 1.97. The highest BCUT2D eigenvalue weighted by atomic mass is 32.2. The molecule has 1 atom stereocenters. The molecule has 0 aromatic carbocycles. The lowest BCUT2D eigenvalue weighted by Gasteiger charge is -2.32. The van der Waals surface area contributed by atoms with Crippen molar-refractivity contribution in [2.75, 3.05) is 19.0 Å². The number of fused-ring (bicyclic) bond motifs is 8. The Hall–Kier alpha value is -1.79. The van der Waals surface area contributed by atoms with E-state index in [0.29, 0.717) is 31.4 Å². The van der Waals surface area contributed by atoms with Crippen LogP contribution in [0.15, 0.2) is 11.5 Å². The van der Waals surface area contributed by atoms with Gasteiger partial charge in [0, 0.05) is 24.5 Å². The lowest BCUT2D eigenvalue weighted by molar-refractivity contribution is -0.120. The number of thioether (sulfide) groups is 1. The van der Waals surface area contributed by atoms with E-state index in [9.17, 15) is 0 Å². The summed E-state index contributed by atoms with van der Waals surface area (Å²) in [6.07, 6.45) is 3.11. The summed E-state index contributed by atoms with van der Waals surface area (Å²) < 4.78 is 21.5. The summed E-state index contributed by atoms with van der Waals surface area (Å²) in [5, 5.41) is 15.3. The number of hydrogen-bond acceptors (Lipinski definition) is 9. The molecule has 0 saturated heterocycles. The molecule has 9 nitrogen and oxygen atoms in total. The zero-order chi connectivity index (χ0) is 21.6. The number of aromatic nitrogens is 6. The molecule has 4 aromatic rings. The molecule has 166 valence electrons. The van der Waals surface area contributed by atoms with Gasteiger partial charge < -0.3 is 14.2 Å². The number of thiophene rings is 1. The molecule has 0 radical (unpaired) electrons. The highest BCUT2D eigenvalue weighted by Gasteiger charge is 2.34. The molecule has 1 aliphatic rings. The molecule has 0 spiro atoms. The van der Waals surface area contributed by atoms with E-state index >= 15 is 0 Å². The zero-order valence-electron chi connectivity index (χ0n) is 18.1. The van der Waals surface area contributed by atoms with Crippen molar-refractivity contribution < 1.29 is 14.2 Å². The summed E-state index contributed by atoms with van der Waals surface area (Å²) >= 11 is 3.31. The highest BCUT2D eigenvalue weighted by molar-refractivity contribution is 7.99. The van der Waals surface area contributed by atoms with Crippen molar-refractivity contribution in [2.45, 2.75) is 64.2 Å². The van der Waals surface area contributed by atoms with Crippen LogP contribution in [0.4, 0.5) is 0 Å². The highest BCUT2D eigenvalue weighted by Crippen LogP contribution is 2.42. The summed E-state index contributed by atoms with van der Waals surface area (Å²) in [6.45, 7) is 10.1. The van der Waals surface area contributed by atoms with E-state index < -0.39 is 0 Å². The summed E-state index contributed by atoms with van der Waals surface area (Å²) in [6, 6.07) is 0. The first-order valence-corrected chi connectivity index (χ1v) is 12.4. The SMILES string of the molecule is CCOC(CSc1nnc2n3ncnc3c3c4c(sc3n12)COC(C)(CC)C4)OCC. The summed E-state index contributed by atoms with van der Waals surface area (Å²) in [5.74, 6) is 1.28. The molecular weight excluding hydrogens is 436 g/mol. The van der Waals surface area contributed by atoms with Crippen LogP contribution in [0.1, 0.15) is 44.6 Å². The number of nitrogens with zero attached hydrogens (tertiary/aromatic N) is 6. The second-order valence-corrected chi connectivity index (χ2v) is 9.79. The molecule has 0 amide bonds. The number of rotatable bonds is 8. The Morgan fingerprint density at radius 2 is 2.06 bits per heavy atom. The topological polar surface area (TPSA) is 88.1 Å². The van der Waals surface area contributed by atoms with E-state index in [1.54, 1.807) is 33.9 Å². The normalized spacial score (nSPS) is 19.3. The van der Waals surface area contributed by atoms with Crippen LogP contribution in [0.5, 0.6) is 0 Å². The van der Waals surface area contributed by atoms with Crippen LogP contribution in [0.25, 0.3) is 21.6 Å². The molecular formula is C20H26N6O3S2. The van der Waals surface area contributed by atoms with E-state index in [0.717, 1.165) is 33.9 Å². The summed E-state index contributed by atoms with van der Waals surface area (Å²) in [4.78, 5) is 6.90. The largest absolute Gasteiger partial charge is 0.369 e. The van der Waals surface area contributed by atoms with Crippen LogP contribution in [-0.2, 0) is 27.2 Å². The Morgan fingerprint density at radius 1 is 1.26 bits per heavy atom. The molecule has 0 bridgehead atoms. The average molecular weight is 463 g/mol. The smallest absolute Gasteiger partial charge is 0.260 e. The van der Waals surface area contributed by atoms with Gasteiger partial charge in [0.2, 0.25) is 0 Å². The van der Waals surface area contributed by atoms with Crippen LogP contribution >= 0.6 is 23.1 Å². The predicted molar refractivity (Wildman–Crippen MR) is 120 cm³/mol. The zero-order valence-corrected chi connectivity index (χ0v) is 19.8. The van der Waals surface area contributed by atoms with Gasteiger partial charge in [-0.1, -0.05) is 18.7 Å². The maximum atomic E-state index is 6.21. The predicted octanol–water partition coefficient (Wildman–Crippen LogP) is 3.72. The minimum absolute atomic E-state index is 0.167. The van der Waals surface area contributed by atoms with Gasteiger partial charge in [-0.15, -0.1) is 21.5 Å². The quantitative estimate of drug-likeness (QED) is 0.289. The summed E-state index contributed by atoms with van der Waals surface area (Å²) in [7, 11) is 0. The molecule has 0 fully saturated rings. The average Bonchev–Trinajstić information content (AvgIpc) is 3.48. The van der Waals surface area contributed by atoms with E-state index in [1.165, 1.54) is 10.4 Å². The van der Waals surface area contributed by atoms with Gasteiger partial charge in [-0.25, -0.2) is 9.38 Å². The molecule has 1 aliphatic heterocycles. The van der Waals surface area contributed by atoms with Gasteiger partial charge in [0.1, 0.15) is 11.2 Å². The molecule has 0 saturated carbocycles. The Kier molecular flexibility index (Phi) is 5.63. The van der Waals surface area contributed by atoms with Crippen LogP contribution in [-0.4, -0.2) is 60.1 Å². The first-order valence-electron chi connectivity index (χ1n) is 10.6. The van der Waals surface area contributed by atoms with Gasteiger partial charge in [-0.05, 0) is 32.8 Å². The van der Waals surface area contributed by atoms with Gasteiger partial charge in [0.25, 0.3) is 5.78 Å². The first-order chi connectivity index (χ1) is 15.1. The fraction of sp³-hybridized carbons (Fsp3) is 0.600. The minimum atomic E-state index is -0.284. The van der Waals surface area contributed by atoms with Gasteiger partial charge in [-0.2, -0.15) is 9.61 Å². The van der Waals surface area contributed by atoms with Crippen molar-refractivity contribution in [1.29, 1.82) is 0 Å². The van der Waals surface area contributed by atoms with E-state index in [2.05, 4.69) is 38.5 Å². The third-order valence-electron chi connectivity index (χ3n) is 5.76. The monoisotopic (exact) mass is 462 g/mol. The molecule has 1 unspecified atom stereocenters. The van der Waals surface area contributed by atoms with Gasteiger partial charge >= 0.3 is 0 Å². The first kappa shape index (κ1) is 21.1. The Balaban J connectivity index is 1.65. The Labute approximate surface area is 188 Å². The van der Waals surface area contributed by atoms with Crippen LogP contribution in [0.3, 0.4) is 0 Å². The third kappa shape index (κ3) is 3.52. The van der Waals surface area contributed by atoms with Crippen LogP contribution in [0.2, 0.25) is 0 Å². The minimum Gasteiger partial charge on any atom is -0.369 e. The maximum absolute atomic E-state index is 6.21. The Morgan fingerprint density at radius 3 is 2.81 bits per heavy atom. The molecule has 0 N–H and O–H groups in total. The maximum Gasteiger partial charge on any atom is 0.260 e. The Bertz CT molecular complexity index is 1230. The second-order valence-electron chi connectivity index (χ2n) is 7.72. The molecule has 11 heteroatoms. The van der Waals surface area contributed by atoms with Crippen molar-refractivity contribution >= 4 is 44.7 Å². The fourth-order valence-corrected chi connectivity index (χ4v) is 6.13. The van der Waals surface area contributed by atoms with Crippen molar-refractivity contribution in [1.82, 2.24) is 29.2 Å². The van der Waals surface area contributed by atoms with E-state index in [4.69, 9.17) is 14.2 Å². The van der Waals surface area contributed by atoms with Crippen LogP contribution in [0, 0.1) is 0 Å². The van der Waals surface area contributed by atoms with Crippen LogP contribution < -0.4 is 0 Å². The van der Waals surface area contributed by atoms with E-state index in [-0.39, 0.29) is 11.9 Å². The number of hydrogen-bond donors (Lipinski definition) is 0. The van der Waals surface area contributed by atoms with Crippen molar-refractivity contribution in [2.24, 2.45) is 0 Å². The van der Waals surface area contributed by atoms with Crippen molar-refractivity contribution in [3.8, 4) is 0 Å². The molecule has 0 aliphatic carbocycles. The third-order valence-corrected chi connectivity index (χ3v) is 7.91. The lowest BCUT2D eigenvalue weighted by atomic mass is 9.90.